The van der Waals surface area contributed by atoms with Gasteiger partial charge in [-0.3, -0.25) is 4.90 Å². The Bertz CT molecular complexity index is 610. The Hall–Kier alpha value is -0.840. The van der Waals surface area contributed by atoms with E-state index in [1.54, 1.807) is 7.11 Å². The van der Waals surface area contributed by atoms with Crippen LogP contribution in [0.1, 0.15) is 18.4 Å². The summed E-state index contributed by atoms with van der Waals surface area (Å²) >= 11 is 3.59. The summed E-state index contributed by atoms with van der Waals surface area (Å²) in [6.45, 7) is 7.14. The van der Waals surface area contributed by atoms with Gasteiger partial charge >= 0.3 is 0 Å². The number of rotatable bonds is 5. The molecule has 2 aliphatic carbocycles. The minimum Gasteiger partial charge on any atom is -0.496 e. The highest BCUT2D eigenvalue weighted by Crippen LogP contribution is 2.43. The molecular formula is C20H27BrN2O. The topological polar surface area (TPSA) is 15.7 Å². The summed E-state index contributed by atoms with van der Waals surface area (Å²) < 4.78 is 6.36. The summed E-state index contributed by atoms with van der Waals surface area (Å²) in [5.74, 6) is 3.60. The van der Waals surface area contributed by atoms with Crippen LogP contribution in [0.2, 0.25) is 0 Å². The molecule has 4 rings (SSSR count). The van der Waals surface area contributed by atoms with Gasteiger partial charge in [-0.2, -0.15) is 0 Å². The number of fused-ring (bicyclic) bond motifs is 2. The summed E-state index contributed by atoms with van der Waals surface area (Å²) in [5.41, 5.74) is 1.36. The highest BCUT2D eigenvalue weighted by atomic mass is 79.9. The second-order valence-electron chi connectivity index (χ2n) is 7.59. The van der Waals surface area contributed by atoms with Crippen molar-refractivity contribution in [2.45, 2.75) is 19.4 Å². The van der Waals surface area contributed by atoms with Gasteiger partial charge in [0.25, 0.3) is 0 Å². The lowest BCUT2D eigenvalue weighted by molar-refractivity contribution is 0.108. The summed E-state index contributed by atoms with van der Waals surface area (Å²) in [4.78, 5) is 5.27. The third kappa shape index (κ3) is 3.56. The minimum absolute atomic E-state index is 0.879. The molecule has 1 heterocycles. The van der Waals surface area contributed by atoms with E-state index < -0.39 is 0 Å². The molecule has 130 valence electrons. The smallest absolute Gasteiger partial charge is 0.133 e. The Kier molecular flexibility index (Phi) is 4.98. The zero-order valence-corrected chi connectivity index (χ0v) is 16.0. The monoisotopic (exact) mass is 390 g/mol. The highest BCUT2D eigenvalue weighted by Gasteiger charge is 2.36. The lowest BCUT2D eigenvalue weighted by atomic mass is 9.93. The number of halogens is 1. The van der Waals surface area contributed by atoms with Gasteiger partial charge in [-0.25, -0.2) is 0 Å². The Balaban J connectivity index is 1.25. The van der Waals surface area contributed by atoms with Crippen molar-refractivity contribution in [1.29, 1.82) is 0 Å². The Morgan fingerprint density at radius 2 is 1.88 bits per heavy atom. The van der Waals surface area contributed by atoms with Gasteiger partial charge < -0.3 is 9.64 Å². The van der Waals surface area contributed by atoms with E-state index in [4.69, 9.17) is 4.74 Å². The number of methoxy groups -OCH3 is 1. The largest absolute Gasteiger partial charge is 0.496 e. The lowest BCUT2D eigenvalue weighted by Gasteiger charge is -2.37. The van der Waals surface area contributed by atoms with Crippen LogP contribution in [0.15, 0.2) is 34.8 Å². The van der Waals surface area contributed by atoms with E-state index in [9.17, 15) is 0 Å². The van der Waals surface area contributed by atoms with Crippen LogP contribution in [0.5, 0.6) is 5.75 Å². The van der Waals surface area contributed by atoms with Crippen LogP contribution < -0.4 is 4.74 Å². The number of nitrogens with zero attached hydrogens (tertiary/aromatic N) is 2. The van der Waals surface area contributed by atoms with Crippen LogP contribution >= 0.6 is 15.9 Å². The summed E-state index contributed by atoms with van der Waals surface area (Å²) in [6.07, 6.45) is 7.79. The standard InChI is InChI=1S/C20H27BrN2O/c1-24-20-5-3-16(12-19(20)21)13-22-6-8-23(9-7-22)14-18-11-15-2-4-17(18)10-15/h2-5,12,15,17-18H,6-11,13-14H2,1H3/t15-,17-,18-/m0/s1. The van der Waals surface area contributed by atoms with Gasteiger partial charge in [-0.1, -0.05) is 18.2 Å². The maximum Gasteiger partial charge on any atom is 0.133 e. The SMILES string of the molecule is COc1ccc(CN2CCN(C[C@@H]3C[C@H]4C=C[C@H]3C4)CC2)cc1Br. The van der Waals surface area contributed by atoms with E-state index in [0.29, 0.717) is 0 Å². The predicted molar refractivity (Wildman–Crippen MR) is 101 cm³/mol. The first-order chi connectivity index (χ1) is 11.7. The van der Waals surface area contributed by atoms with Gasteiger partial charge in [0.1, 0.15) is 5.75 Å². The number of hydrogen-bond donors (Lipinski definition) is 0. The molecule has 0 aromatic heterocycles. The molecule has 3 atom stereocenters. The quantitative estimate of drug-likeness (QED) is 0.711. The van der Waals surface area contributed by atoms with Crippen LogP contribution in [0.3, 0.4) is 0 Å². The summed E-state index contributed by atoms with van der Waals surface area (Å²) in [5, 5.41) is 0. The second-order valence-corrected chi connectivity index (χ2v) is 8.44. The fraction of sp³-hybridized carbons (Fsp3) is 0.600. The molecule has 1 saturated heterocycles. The van der Waals surface area contributed by atoms with Crippen molar-refractivity contribution in [2.75, 3.05) is 39.8 Å². The zero-order chi connectivity index (χ0) is 16.5. The number of benzene rings is 1. The van der Waals surface area contributed by atoms with Crippen LogP contribution in [-0.2, 0) is 6.54 Å². The molecule has 0 amide bonds. The normalized spacial score (nSPS) is 30.2. The second kappa shape index (κ2) is 7.19. The van der Waals surface area contributed by atoms with Crippen molar-refractivity contribution < 1.29 is 4.74 Å². The van der Waals surface area contributed by atoms with E-state index in [1.165, 1.54) is 51.1 Å². The van der Waals surface area contributed by atoms with Crippen molar-refractivity contribution in [3.05, 3.63) is 40.4 Å². The minimum atomic E-state index is 0.879. The molecule has 1 aromatic rings. The fourth-order valence-corrected chi connectivity index (χ4v) is 5.22. The first-order valence-electron chi connectivity index (χ1n) is 9.16. The van der Waals surface area contributed by atoms with Crippen LogP contribution in [0.25, 0.3) is 0 Å². The molecule has 2 fully saturated rings. The van der Waals surface area contributed by atoms with E-state index in [2.05, 4.69) is 56.1 Å². The molecule has 3 aliphatic rings. The lowest BCUT2D eigenvalue weighted by Crippen LogP contribution is -2.47. The van der Waals surface area contributed by atoms with E-state index in [1.807, 2.05) is 0 Å². The van der Waals surface area contributed by atoms with Crippen molar-refractivity contribution in [3.63, 3.8) is 0 Å². The molecule has 1 saturated carbocycles. The maximum absolute atomic E-state index is 5.32. The Morgan fingerprint density at radius 3 is 2.50 bits per heavy atom. The molecule has 0 N–H and O–H groups in total. The van der Waals surface area contributed by atoms with Gasteiger partial charge in [0.2, 0.25) is 0 Å². The molecule has 24 heavy (non-hydrogen) atoms. The van der Waals surface area contributed by atoms with Crippen molar-refractivity contribution in [3.8, 4) is 5.75 Å². The molecule has 3 nitrogen and oxygen atoms in total. The van der Waals surface area contributed by atoms with Crippen LogP contribution in [0.4, 0.5) is 0 Å². The fourth-order valence-electron chi connectivity index (χ4n) is 4.63. The molecule has 2 bridgehead atoms. The third-order valence-electron chi connectivity index (χ3n) is 6.00. The van der Waals surface area contributed by atoms with Gasteiger partial charge in [0.05, 0.1) is 11.6 Å². The summed E-state index contributed by atoms with van der Waals surface area (Å²) in [7, 11) is 1.71. The van der Waals surface area contributed by atoms with Gasteiger partial charge in [-0.15, -0.1) is 0 Å². The highest BCUT2D eigenvalue weighted by molar-refractivity contribution is 9.10. The first-order valence-corrected chi connectivity index (χ1v) is 9.96. The molecule has 1 aliphatic heterocycles. The van der Waals surface area contributed by atoms with E-state index in [0.717, 1.165) is 34.5 Å². The van der Waals surface area contributed by atoms with E-state index >= 15 is 0 Å². The number of ether oxygens (including phenoxy) is 1. The molecule has 0 radical (unpaired) electrons. The zero-order valence-electron chi connectivity index (χ0n) is 14.5. The average Bonchev–Trinajstić information content (AvgIpc) is 3.20. The van der Waals surface area contributed by atoms with Crippen molar-refractivity contribution in [2.24, 2.45) is 17.8 Å². The molecule has 4 heteroatoms. The van der Waals surface area contributed by atoms with Gasteiger partial charge in [0.15, 0.2) is 0 Å². The first kappa shape index (κ1) is 16.6. The number of hydrogen-bond acceptors (Lipinski definition) is 3. The van der Waals surface area contributed by atoms with Gasteiger partial charge in [-0.05, 0) is 64.2 Å². The molecule has 0 spiro atoms. The number of piperazine rings is 1. The molecular weight excluding hydrogens is 364 g/mol. The van der Waals surface area contributed by atoms with Gasteiger partial charge in [0, 0.05) is 39.3 Å². The van der Waals surface area contributed by atoms with Crippen molar-refractivity contribution >= 4 is 15.9 Å². The number of allylic oxidation sites excluding steroid dienone is 2. The van der Waals surface area contributed by atoms with E-state index in [-0.39, 0.29) is 0 Å². The predicted octanol–water partition coefficient (Wildman–Crippen LogP) is 3.79. The van der Waals surface area contributed by atoms with Crippen LogP contribution in [0, 0.1) is 17.8 Å². The van der Waals surface area contributed by atoms with Crippen LogP contribution in [-0.4, -0.2) is 49.6 Å². The molecule has 1 aromatic carbocycles. The third-order valence-corrected chi connectivity index (χ3v) is 6.62. The molecule has 0 unspecified atom stereocenters. The summed E-state index contributed by atoms with van der Waals surface area (Å²) in [6, 6.07) is 6.42. The Morgan fingerprint density at radius 1 is 1.08 bits per heavy atom. The maximum atomic E-state index is 5.32. The Labute approximate surface area is 153 Å². The average molecular weight is 391 g/mol. The van der Waals surface area contributed by atoms with Crippen molar-refractivity contribution in [1.82, 2.24) is 9.80 Å².